The largest absolute Gasteiger partial charge is 0.487 e. The van der Waals surface area contributed by atoms with E-state index in [9.17, 15) is 4.39 Å². The van der Waals surface area contributed by atoms with Crippen LogP contribution in [-0.4, -0.2) is 5.60 Å². The van der Waals surface area contributed by atoms with Crippen LogP contribution in [0.25, 0.3) is 0 Å². The Morgan fingerprint density at radius 1 is 1.17 bits per heavy atom. The number of nitrogens with two attached hydrogens (primary N) is 1. The second-order valence-electron chi connectivity index (χ2n) is 5.69. The molecule has 0 radical (unpaired) electrons. The van der Waals surface area contributed by atoms with Crippen molar-refractivity contribution < 1.29 is 9.13 Å². The fourth-order valence-electron chi connectivity index (χ4n) is 3.37. The zero-order chi connectivity index (χ0) is 12.6. The van der Waals surface area contributed by atoms with Crippen LogP contribution in [0.4, 0.5) is 4.39 Å². The third-order valence-electron chi connectivity index (χ3n) is 4.31. The number of halogens is 1. The van der Waals surface area contributed by atoms with Crippen LogP contribution < -0.4 is 10.5 Å². The molecule has 2 aliphatic rings. The maximum absolute atomic E-state index is 13.3. The van der Waals surface area contributed by atoms with Crippen LogP contribution in [0.15, 0.2) is 18.2 Å². The van der Waals surface area contributed by atoms with E-state index < -0.39 is 0 Å². The average Bonchev–Trinajstić information content (AvgIpc) is 2.54. The highest BCUT2D eigenvalue weighted by Crippen LogP contribution is 2.44. The summed E-state index contributed by atoms with van der Waals surface area (Å²) in [7, 11) is 0. The Morgan fingerprint density at radius 3 is 2.61 bits per heavy atom. The summed E-state index contributed by atoms with van der Waals surface area (Å²) in [4.78, 5) is 0. The normalized spacial score (nSPS) is 26.2. The van der Waals surface area contributed by atoms with Gasteiger partial charge in [-0.05, 0) is 31.7 Å². The molecule has 3 heteroatoms. The van der Waals surface area contributed by atoms with Crippen molar-refractivity contribution in [1.82, 2.24) is 0 Å². The first kappa shape index (κ1) is 12.0. The fraction of sp³-hybridized carbons (Fsp3) is 0.600. The summed E-state index contributed by atoms with van der Waals surface area (Å²) in [5.74, 6) is 0.419. The molecule has 18 heavy (non-hydrogen) atoms. The van der Waals surface area contributed by atoms with Crippen molar-refractivity contribution in [3.05, 3.63) is 29.6 Å². The molecule has 0 amide bonds. The molecule has 0 bridgehead atoms. The molecule has 1 aliphatic heterocycles. The standard InChI is InChI=1S/C15H20FNO/c16-11-5-6-12-13(17)10-15(18-14(12)9-11)7-3-1-2-4-8-15/h5-6,9,13H,1-4,7-8,10,17H2. The van der Waals surface area contributed by atoms with E-state index in [0.29, 0.717) is 5.75 Å². The minimum Gasteiger partial charge on any atom is -0.487 e. The van der Waals surface area contributed by atoms with Crippen molar-refractivity contribution in [1.29, 1.82) is 0 Å². The Morgan fingerprint density at radius 2 is 1.89 bits per heavy atom. The van der Waals surface area contributed by atoms with Crippen molar-refractivity contribution >= 4 is 0 Å². The molecule has 1 unspecified atom stereocenters. The van der Waals surface area contributed by atoms with E-state index in [1.54, 1.807) is 6.07 Å². The maximum atomic E-state index is 13.3. The van der Waals surface area contributed by atoms with Crippen LogP contribution in [0.3, 0.4) is 0 Å². The predicted molar refractivity (Wildman–Crippen MR) is 69.0 cm³/mol. The zero-order valence-electron chi connectivity index (χ0n) is 10.6. The highest BCUT2D eigenvalue weighted by atomic mass is 19.1. The van der Waals surface area contributed by atoms with Gasteiger partial charge in [-0.1, -0.05) is 18.9 Å². The van der Waals surface area contributed by atoms with Gasteiger partial charge in [-0.25, -0.2) is 4.39 Å². The molecule has 1 heterocycles. The Hall–Kier alpha value is -1.09. The van der Waals surface area contributed by atoms with Crippen LogP contribution in [-0.2, 0) is 0 Å². The molecule has 98 valence electrons. The molecule has 1 fully saturated rings. The van der Waals surface area contributed by atoms with Gasteiger partial charge in [-0.2, -0.15) is 0 Å². The van der Waals surface area contributed by atoms with E-state index >= 15 is 0 Å². The van der Waals surface area contributed by atoms with Gasteiger partial charge in [0.05, 0.1) is 0 Å². The Kier molecular flexibility index (Phi) is 3.02. The molecular formula is C15H20FNO. The van der Waals surface area contributed by atoms with E-state index in [0.717, 1.165) is 24.8 Å². The summed E-state index contributed by atoms with van der Waals surface area (Å²) in [5, 5.41) is 0. The maximum Gasteiger partial charge on any atom is 0.127 e. The first-order chi connectivity index (χ1) is 8.69. The van der Waals surface area contributed by atoms with Crippen molar-refractivity contribution in [3.63, 3.8) is 0 Å². The van der Waals surface area contributed by atoms with Gasteiger partial charge in [-0.3, -0.25) is 0 Å². The van der Waals surface area contributed by atoms with Crippen molar-refractivity contribution in [2.24, 2.45) is 5.73 Å². The summed E-state index contributed by atoms with van der Waals surface area (Å²) in [6.45, 7) is 0. The predicted octanol–water partition coefficient (Wildman–Crippen LogP) is 3.70. The summed E-state index contributed by atoms with van der Waals surface area (Å²) < 4.78 is 19.5. The lowest BCUT2D eigenvalue weighted by molar-refractivity contribution is 0.0210. The quantitative estimate of drug-likeness (QED) is 0.761. The first-order valence-corrected chi connectivity index (χ1v) is 6.93. The van der Waals surface area contributed by atoms with Crippen LogP contribution in [0.5, 0.6) is 5.75 Å². The van der Waals surface area contributed by atoms with E-state index in [1.165, 1.54) is 37.8 Å². The Bertz CT molecular complexity index is 438. The highest BCUT2D eigenvalue weighted by Gasteiger charge is 2.39. The number of ether oxygens (including phenoxy) is 1. The minimum absolute atomic E-state index is 0.0209. The van der Waals surface area contributed by atoms with E-state index in [1.807, 2.05) is 0 Å². The molecule has 0 saturated heterocycles. The summed E-state index contributed by atoms with van der Waals surface area (Å²) >= 11 is 0. The lowest BCUT2D eigenvalue weighted by atomic mass is 9.82. The lowest BCUT2D eigenvalue weighted by Gasteiger charge is -2.41. The fourth-order valence-corrected chi connectivity index (χ4v) is 3.37. The minimum atomic E-state index is -0.244. The third-order valence-corrected chi connectivity index (χ3v) is 4.31. The number of hydrogen-bond donors (Lipinski definition) is 1. The molecule has 1 saturated carbocycles. The smallest absolute Gasteiger partial charge is 0.127 e. The number of hydrogen-bond acceptors (Lipinski definition) is 2. The summed E-state index contributed by atoms with van der Waals surface area (Å²) in [6.07, 6.45) is 7.90. The lowest BCUT2D eigenvalue weighted by Crippen LogP contribution is -2.42. The van der Waals surface area contributed by atoms with Gasteiger partial charge in [0.2, 0.25) is 0 Å². The van der Waals surface area contributed by atoms with Gasteiger partial charge in [0, 0.05) is 24.1 Å². The molecule has 1 aromatic carbocycles. The molecule has 1 aliphatic carbocycles. The van der Waals surface area contributed by atoms with Gasteiger partial charge in [0.15, 0.2) is 0 Å². The Balaban J connectivity index is 1.93. The average molecular weight is 249 g/mol. The number of benzene rings is 1. The molecule has 2 N–H and O–H groups in total. The molecule has 1 atom stereocenters. The van der Waals surface area contributed by atoms with Gasteiger partial charge in [-0.15, -0.1) is 0 Å². The van der Waals surface area contributed by atoms with Crippen LogP contribution in [0.1, 0.15) is 56.6 Å². The van der Waals surface area contributed by atoms with Crippen molar-refractivity contribution in [2.75, 3.05) is 0 Å². The second-order valence-corrected chi connectivity index (χ2v) is 5.69. The van der Waals surface area contributed by atoms with Crippen molar-refractivity contribution in [2.45, 2.75) is 56.6 Å². The van der Waals surface area contributed by atoms with Crippen molar-refractivity contribution in [3.8, 4) is 5.75 Å². The molecule has 3 rings (SSSR count). The first-order valence-electron chi connectivity index (χ1n) is 6.93. The highest BCUT2D eigenvalue weighted by molar-refractivity contribution is 5.39. The molecule has 1 spiro atoms. The summed E-state index contributed by atoms with van der Waals surface area (Å²) in [6, 6.07) is 4.69. The van der Waals surface area contributed by atoms with Gasteiger partial charge < -0.3 is 10.5 Å². The van der Waals surface area contributed by atoms with Gasteiger partial charge in [0.1, 0.15) is 17.2 Å². The van der Waals surface area contributed by atoms with E-state index in [-0.39, 0.29) is 17.5 Å². The Labute approximate surface area is 107 Å². The molecule has 0 aromatic heterocycles. The zero-order valence-corrected chi connectivity index (χ0v) is 10.6. The molecule has 2 nitrogen and oxygen atoms in total. The van der Waals surface area contributed by atoms with Crippen LogP contribution in [0, 0.1) is 5.82 Å². The second kappa shape index (κ2) is 4.54. The van der Waals surface area contributed by atoms with Gasteiger partial charge >= 0.3 is 0 Å². The summed E-state index contributed by atoms with van der Waals surface area (Å²) in [5.41, 5.74) is 7.06. The molecule has 1 aromatic rings. The van der Waals surface area contributed by atoms with E-state index in [4.69, 9.17) is 10.5 Å². The van der Waals surface area contributed by atoms with Gasteiger partial charge in [0.25, 0.3) is 0 Å². The number of rotatable bonds is 0. The van der Waals surface area contributed by atoms with Crippen LogP contribution >= 0.6 is 0 Å². The van der Waals surface area contributed by atoms with E-state index in [2.05, 4.69) is 0 Å². The SMILES string of the molecule is NC1CC2(CCCCCC2)Oc2cc(F)ccc21. The number of fused-ring (bicyclic) bond motifs is 1. The monoisotopic (exact) mass is 249 g/mol. The molecular weight excluding hydrogens is 229 g/mol. The third kappa shape index (κ3) is 2.12. The van der Waals surface area contributed by atoms with Crippen LogP contribution in [0.2, 0.25) is 0 Å². The topological polar surface area (TPSA) is 35.2 Å².